The fourth-order valence-electron chi connectivity index (χ4n) is 0.350. The van der Waals surface area contributed by atoms with E-state index in [1.54, 1.807) is 0 Å². The maximum Gasteiger partial charge on any atom is 0.419 e. The van der Waals surface area contributed by atoms with E-state index in [0.717, 1.165) is 0 Å². The van der Waals surface area contributed by atoms with Gasteiger partial charge in [0, 0.05) is 0 Å². The van der Waals surface area contributed by atoms with Crippen molar-refractivity contribution in [3.05, 3.63) is 0 Å². The Labute approximate surface area is 73.9 Å². The number of rotatable bonds is 3. The second-order valence-corrected chi connectivity index (χ2v) is 5.47. The Balaban J connectivity index is 5.54. The second kappa shape index (κ2) is 3.26. The van der Waals surface area contributed by atoms with Crippen LogP contribution in [0.1, 0.15) is 0 Å². The SMILES string of the molecule is O=P(O)(O)C(F)(F)C(F)(F)P(=O)(O)O. The maximum absolute atomic E-state index is 12.2. The summed E-state index contributed by atoms with van der Waals surface area (Å²) >= 11 is 0. The van der Waals surface area contributed by atoms with Crippen molar-refractivity contribution in [3.63, 3.8) is 0 Å². The van der Waals surface area contributed by atoms with Crippen molar-refractivity contribution >= 4 is 15.2 Å². The van der Waals surface area contributed by atoms with Crippen LogP contribution in [0.25, 0.3) is 0 Å². The molecular weight excluding hydrogens is 258 g/mol. The third kappa shape index (κ3) is 2.00. The second-order valence-electron chi connectivity index (χ2n) is 2.17. The van der Waals surface area contributed by atoms with Gasteiger partial charge in [0.2, 0.25) is 0 Å². The van der Waals surface area contributed by atoms with E-state index in [1.165, 1.54) is 0 Å². The largest absolute Gasteiger partial charge is 0.419 e. The normalized spacial score (nSPS) is 15.7. The topological polar surface area (TPSA) is 115 Å². The molecule has 0 bridgehead atoms. The minimum atomic E-state index is -6.66. The molecule has 0 aromatic heterocycles. The zero-order valence-corrected chi connectivity index (χ0v) is 7.80. The van der Waals surface area contributed by atoms with Gasteiger partial charge < -0.3 is 19.6 Å². The van der Waals surface area contributed by atoms with Crippen molar-refractivity contribution < 1.29 is 46.3 Å². The van der Waals surface area contributed by atoms with Gasteiger partial charge in [0.25, 0.3) is 0 Å². The Morgan fingerprint density at radius 3 is 0.929 bits per heavy atom. The van der Waals surface area contributed by atoms with Crippen LogP contribution in [0.15, 0.2) is 0 Å². The van der Waals surface area contributed by atoms with E-state index in [4.69, 9.17) is 19.6 Å². The molecule has 86 valence electrons. The van der Waals surface area contributed by atoms with Crippen LogP contribution in [0.2, 0.25) is 0 Å². The van der Waals surface area contributed by atoms with Gasteiger partial charge in [-0.25, -0.2) is 0 Å². The number of hydrogen-bond donors (Lipinski definition) is 4. The van der Waals surface area contributed by atoms with Gasteiger partial charge in [0.05, 0.1) is 0 Å². The van der Waals surface area contributed by atoms with Gasteiger partial charge >= 0.3 is 26.5 Å². The molecule has 0 aliphatic rings. The van der Waals surface area contributed by atoms with Gasteiger partial charge in [-0.3, -0.25) is 9.13 Å². The average molecular weight is 262 g/mol. The van der Waals surface area contributed by atoms with E-state index in [-0.39, 0.29) is 0 Å². The first-order valence-electron chi connectivity index (χ1n) is 2.62. The van der Waals surface area contributed by atoms with E-state index >= 15 is 0 Å². The predicted molar refractivity (Wildman–Crippen MR) is 34.0 cm³/mol. The lowest BCUT2D eigenvalue weighted by atomic mass is 10.7. The average Bonchev–Trinajstić information content (AvgIpc) is 1.81. The molecular formula is C2H4F4O6P2. The molecule has 0 aromatic carbocycles. The molecule has 0 aliphatic heterocycles. The van der Waals surface area contributed by atoms with Crippen LogP contribution in [0, 0.1) is 0 Å². The van der Waals surface area contributed by atoms with Gasteiger partial charge in [0.15, 0.2) is 0 Å². The molecule has 0 aromatic rings. The zero-order chi connectivity index (χ0) is 12.0. The lowest BCUT2D eigenvalue weighted by Crippen LogP contribution is -2.39. The summed E-state index contributed by atoms with van der Waals surface area (Å²) < 4.78 is 68.5. The molecule has 0 heterocycles. The molecule has 6 nitrogen and oxygen atoms in total. The van der Waals surface area contributed by atoms with Crippen LogP contribution in [-0.2, 0) is 9.13 Å². The summed E-state index contributed by atoms with van der Waals surface area (Å²) in [7, 11) is -13.3. The number of hydrogen-bond acceptors (Lipinski definition) is 2. The fraction of sp³-hybridized carbons (Fsp3) is 1.00. The Morgan fingerprint density at radius 1 is 0.714 bits per heavy atom. The molecule has 0 rings (SSSR count). The van der Waals surface area contributed by atoms with Crippen molar-refractivity contribution in [2.45, 2.75) is 11.3 Å². The smallest absolute Gasteiger partial charge is 0.320 e. The van der Waals surface area contributed by atoms with Gasteiger partial charge in [-0.15, -0.1) is 0 Å². The molecule has 14 heavy (non-hydrogen) atoms. The van der Waals surface area contributed by atoms with Crippen LogP contribution in [0.5, 0.6) is 0 Å². The Bertz CT molecular complexity index is 282. The van der Waals surface area contributed by atoms with Crippen LogP contribution in [-0.4, -0.2) is 30.9 Å². The van der Waals surface area contributed by atoms with Gasteiger partial charge in [-0.1, -0.05) is 0 Å². The quantitative estimate of drug-likeness (QED) is 0.435. The van der Waals surface area contributed by atoms with Gasteiger partial charge in [-0.05, 0) is 0 Å². The Hall–Kier alpha value is 0.0200. The minimum Gasteiger partial charge on any atom is -0.320 e. The van der Waals surface area contributed by atoms with Crippen molar-refractivity contribution in [3.8, 4) is 0 Å². The Morgan fingerprint density at radius 2 is 0.857 bits per heavy atom. The summed E-state index contributed by atoms with van der Waals surface area (Å²) in [5.41, 5.74) is -12.2. The van der Waals surface area contributed by atoms with E-state index in [9.17, 15) is 26.7 Å². The van der Waals surface area contributed by atoms with E-state index in [2.05, 4.69) is 0 Å². The maximum atomic E-state index is 12.2. The highest BCUT2D eigenvalue weighted by molar-refractivity contribution is 7.58. The lowest BCUT2D eigenvalue weighted by Gasteiger charge is -2.26. The summed E-state index contributed by atoms with van der Waals surface area (Å²) in [5, 5.41) is 0. The lowest BCUT2D eigenvalue weighted by molar-refractivity contribution is -0.123. The first-order chi connectivity index (χ1) is 5.75. The first kappa shape index (κ1) is 14.0. The van der Waals surface area contributed by atoms with Gasteiger partial charge in [-0.2, -0.15) is 17.6 Å². The van der Waals surface area contributed by atoms with Crippen LogP contribution >= 0.6 is 15.2 Å². The molecule has 12 heteroatoms. The monoisotopic (exact) mass is 262 g/mol. The molecule has 4 N–H and O–H groups in total. The number of alkyl halides is 4. The molecule has 0 fully saturated rings. The van der Waals surface area contributed by atoms with Gasteiger partial charge in [0.1, 0.15) is 0 Å². The van der Waals surface area contributed by atoms with Crippen LogP contribution in [0.4, 0.5) is 17.6 Å². The van der Waals surface area contributed by atoms with Crippen molar-refractivity contribution in [2.24, 2.45) is 0 Å². The van der Waals surface area contributed by atoms with Crippen LogP contribution in [0.3, 0.4) is 0 Å². The predicted octanol–water partition coefficient (Wildman–Crippen LogP) is 0.527. The summed E-state index contributed by atoms with van der Waals surface area (Å²) in [4.78, 5) is 31.1. The third-order valence-electron chi connectivity index (χ3n) is 1.09. The van der Waals surface area contributed by atoms with E-state index in [1.807, 2.05) is 0 Å². The molecule has 0 aliphatic carbocycles. The highest BCUT2D eigenvalue weighted by atomic mass is 31.2. The summed E-state index contributed by atoms with van der Waals surface area (Å²) in [6.45, 7) is 0. The molecule has 0 spiro atoms. The third-order valence-corrected chi connectivity index (χ3v) is 3.29. The van der Waals surface area contributed by atoms with E-state index in [0.29, 0.717) is 0 Å². The zero-order valence-electron chi connectivity index (χ0n) is 6.01. The summed E-state index contributed by atoms with van der Waals surface area (Å²) in [6, 6.07) is 0. The Kier molecular flexibility index (Phi) is 3.27. The highest BCUT2D eigenvalue weighted by Crippen LogP contribution is 2.70. The first-order valence-corrected chi connectivity index (χ1v) is 5.84. The summed E-state index contributed by atoms with van der Waals surface area (Å²) in [6.07, 6.45) is 0. The van der Waals surface area contributed by atoms with E-state index < -0.39 is 26.5 Å². The molecule has 0 atom stereocenters. The minimum absolute atomic E-state index is 6.11. The molecule has 0 radical (unpaired) electrons. The molecule has 0 saturated heterocycles. The molecule has 0 amide bonds. The summed E-state index contributed by atoms with van der Waals surface area (Å²) in [5.74, 6) is 0. The standard InChI is InChI=1S/C2H4F4O6P2/c3-1(4,13(7,8)9)2(5,6)14(10,11)12/h(H2,7,8,9)(H2,10,11,12). The van der Waals surface area contributed by atoms with Crippen molar-refractivity contribution in [1.82, 2.24) is 0 Å². The van der Waals surface area contributed by atoms with Crippen molar-refractivity contribution in [2.75, 3.05) is 0 Å². The fourth-order valence-corrected chi connectivity index (χ4v) is 1.83. The van der Waals surface area contributed by atoms with Crippen LogP contribution < -0.4 is 0 Å². The van der Waals surface area contributed by atoms with Crippen molar-refractivity contribution in [1.29, 1.82) is 0 Å². The highest BCUT2D eigenvalue weighted by Gasteiger charge is 2.76. The number of halogens is 4. The molecule has 0 unspecified atom stereocenters. The molecule has 0 saturated carbocycles.